The molecule has 0 atom stereocenters. The molecule has 0 aliphatic rings. The zero-order valence-corrected chi connectivity index (χ0v) is 12.4. The molecule has 0 unspecified atom stereocenters. The summed E-state index contributed by atoms with van der Waals surface area (Å²) in [5, 5.41) is 3.57. The topological polar surface area (TPSA) is 21.3 Å². The van der Waals surface area contributed by atoms with Crippen molar-refractivity contribution < 1.29 is 4.74 Å². The maximum Gasteiger partial charge on any atom is 0.123 e. The molecule has 0 aliphatic carbocycles. The summed E-state index contributed by atoms with van der Waals surface area (Å²) in [4.78, 5) is 0. The van der Waals surface area contributed by atoms with Crippen LogP contribution >= 0.6 is 0 Å². The van der Waals surface area contributed by atoms with Crippen molar-refractivity contribution >= 4 is 0 Å². The van der Waals surface area contributed by atoms with E-state index in [4.69, 9.17) is 4.74 Å². The van der Waals surface area contributed by atoms with Gasteiger partial charge in [0, 0.05) is 17.6 Å². The highest BCUT2D eigenvalue weighted by Crippen LogP contribution is 2.20. The Labute approximate surface area is 112 Å². The first-order chi connectivity index (χ1) is 8.44. The van der Waals surface area contributed by atoms with Crippen LogP contribution in [0.3, 0.4) is 0 Å². The van der Waals surface area contributed by atoms with Crippen LogP contribution in [0, 0.1) is 5.92 Å². The molecule has 1 N–H and O–H groups in total. The lowest BCUT2D eigenvalue weighted by Crippen LogP contribution is -2.37. The van der Waals surface area contributed by atoms with Crippen LogP contribution in [0.15, 0.2) is 24.3 Å². The van der Waals surface area contributed by atoms with Gasteiger partial charge in [0.05, 0.1) is 6.61 Å². The van der Waals surface area contributed by atoms with E-state index in [1.807, 2.05) is 6.07 Å². The third-order valence-electron chi connectivity index (χ3n) is 3.19. The summed E-state index contributed by atoms with van der Waals surface area (Å²) in [6.45, 7) is 12.6. The summed E-state index contributed by atoms with van der Waals surface area (Å²) in [6.07, 6.45) is 1.11. The Bertz CT molecular complexity index is 358. The first-order valence-corrected chi connectivity index (χ1v) is 6.90. The molecule has 0 fully saturated rings. The molecule has 0 saturated heterocycles. The van der Waals surface area contributed by atoms with Gasteiger partial charge in [0.25, 0.3) is 0 Å². The molecule has 18 heavy (non-hydrogen) atoms. The van der Waals surface area contributed by atoms with Gasteiger partial charge in [0.15, 0.2) is 0 Å². The summed E-state index contributed by atoms with van der Waals surface area (Å²) < 4.78 is 5.86. The molecular formula is C16H27NO. The van der Waals surface area contributed by atoms with Gasteiger partial charge in [-0.15, -0.1) is 0 Å². The van der Waals surface area contributed by atoms with Crippen LogP contribution in [0.2, 0.25) is 0 Å². The highest BCUT2D eigenvalue weighted by atomic mass is 16.5. The van der Waals surface area contributed by atoms with E-state index in [2.05, 4.69) is 58.1 Å². The van der Waals surface area contributed by atoms with Crippen molar-refractivity contribution in [2.24, 2.45) is 5.92 Å². The Morgan fingerprint density at radius 3 is 2.50 bits per heavy atom. The normalized spacial score (nSPS) is 11.9. The first-order valence-electron chi connectivity index (χ1n) is 6.90. The Morgan fingerprint density at radius 1 is 1.22 bits per heavy atom. The van der Waals surface area contributed by atoms with Crippen molar-refractivity contribution in [3.05, 3.63) is 29.8 Å². The van der Waals surface area contributed by atoms with E-state index in [-0.39, 0.29) is 5.54 Å². The van der Waals surface area contributed by atoms with Crippen LogP contribution in [0.5, 0.6) is 5.75 Å². The van der Waals surface area contributed by atoms with E-state index < -0.39 is 0 Å². The molecular weight excluding hydrogens is 222 g/mol. The Hall–Kier alpha value is -1.02. The zero-order chi connectivity index (χ0) is 13.6. The maximum atomic E-state index is 5.86. The fourth-order valence-electron chi connectivity index (χ4n) is 1.51. The largest absolute Gasteiger partial charge is 0.493 e. The monoisotopic (exact) mass is 249 g/mol. The summed E-state index contributed by atoms with van der Waals surface area (Å²) in [6, 6.07) is 8.29. The second-order valence-corrected chi connectivity index (χ2v) is 5.90. The summed E-state index contributed by atoms with van der Waals surface area (Å²) in [7, 11) is 0. The molecule has 1 aromatic rings. The maximum absolute atomic E-state index is 5.86. The first kappa shape index (κ1) is 15.0. The van der Waals surface area contributed by atoms with Gasteiger partial charge in [-0.1, -0.05) is 39.0 Å². The van der Waals surface area contributed by atoms with Gasteiger partial charge in [-0.3, -0.25) is 0 Å². The molecule has 0 saturated carbocycles. The number of hydrogen-bond donors (Lipinski definition) is 1. The number of rotatable bonds is 7. The molecule has 0 amide bonds. The quantitative estimate of drug-likeness (QED) is 0.788. The van der Waals surface area contributed by atoms with Crippen molar-refractivity contribution in [1.82, 2.24) is 5.32 Å². The lowest BCUT2D eigenvalue weighted by Gasteiger charge is -2.25. The summed E-state index contributed by atoms with van der Waals surface area (Å²) in [5.74, 6) is 1.56. The van der Waals surface area contributed by atoms with Crippen molar-refractivity contribution in [3.63, 3.8) is 0 Å². The Kier molecular flexibility index (Phi) is 5.67. The van der Waals surface area contributed by atoms with E-state index in [9.17, 15) is 0 Å². The van der Waals surface area contributed by atoms with Crippen molar-refractivity contribution in [1.29, 1.82) is 0 Å². The number of ether oxygens (including phenoxy) is 1. The van der Waals surface area contributed by atoms with E-state index in [0.29, 0.717) is 5.92 Å². The van der Waals surface area contributed by atoms with Gasteiger partial charge >= 0.3 is 0 Å². The molecule has 2 heteroatoms. The molecule has 0 aromatic heterocycles. The zero-order valence-electron chi connectivity index (χ0n) is 12.4. The van der Waals surface area contributed by atoms with Crippen LogP contribution in [0.4, 0.5) is 0 Å². The van der Waals surface area contributed by atoms with E-state index >= 15 is 0 Å². The molecule has 0 aliphatic heterocycles. The highest BCUT2D eigenvalue weighted by molar-refractivity contribution is 5.33. The Morgan fingerprint density at radius 2 is 1.89 bits per heavy atom. The average molecular weight is 249 g/mol. The number of hydrogen-bond acceptors (Lipinski definition) is 2. The predicted octanol–water partition coefficient (Wildman–Crippen LogP) is 4.00. The van der Waals surface area contributed by atoms with E-state index in [1.54, 1.807) is 0 Å². The molecule has 0 spiro atoms. The fraction of sp³-hybridized carbons (Fsp3) is 0.625. The summed E-state index contributed by atoms with van der Waals surface area (Å²) in [5.41, 5.74) is 1.41. The Balaban J connectivity index is 2.64. The van der Waals surface area contributed by atoms with Crippen LogP contribution in [-0.4, -0.2) is 12.1 Å². The smallest absolute Gasteiger partial charge is 0.123 e. The number of benzene rings is 1. The minimum absolute atomic E-state index is 0.172. The second-order valence-electron chi connectivity index (χ2n) is 5.90. The standard InChI is InChI=1S/C16H27NO/c1-6-16(4,5)17-11-14-9-7-8-10-15(14)18-12-13(2)3/h7-10,13,17H,6,11-12H2,1-5H3. The van der Waals surface area contributed by atoms with E-state index in [0.717, 1.165) is 25.3 Å². The van der Waals surface area contributed by atoms with Gasteiger partial charge in [-0.05, 0) is 32.3 Å². The van der Waals surface area contributed by atoms with Gasteiger partial charge in [0.1, 0.15) is 5.75 Å². The molecule has 1 rings (SSSR count). The van der Waals surface area contributed by atoms with Crippen LogP contribution in [0.25, 0.3) is 0 Å². The lowest BCUT2D eigenvalue weighted by molar-refractivity contribution is 0.266. The van der Waals surface area contributed by atoms with Gasteiger partial charge in [-0.2, -0.15) is 0 Å². The number of nitrogens with one attached hydrogen (secondary N) is 1. The average Bonchev–Trinajstić information content (AvgIpc) is 2.35. The molecule has 2 nitrogen and oxygen atoms in total. The van der Waals surface area contributed by atoms with E-state index in [1.165, 1.54) is 5.56 Å². The highest BCUT2D eigenvalue weighted by Gasteiger charge is 2.14. The lowest BCUT2D eigenvalue weighted by atomic mass is 10.0. The van der Waals surface area contributed by atoms with Crippen LogP contribution in [0.1, 0.15) is 46.6 Å². The third-order valence-corrected chi connectivity index (χ3v) is 3.19. The molecule has 102 valence electrons. The van der Waals surface area contributed by atoms with Crippen LogP contribution < -0.4 is 10.1 Å². The fourth-order valence-corrected chi connectivity index (χ4v) is 1.51. The molecule has 0 bridgehead atoms. The third kappa shape index (κ3) is 5.09. The minimum Gasteiger partial charge on any atom is -0.493 e. The summed E-state index contributed by atoms with van der Waals surface area (Å²) >= 11 is 0. The number of para-hydroxylation sites is 1. The van der Waals surface area contributed by atoms with Gasteiger partial charge < -0.3 is 10.1 Å². The van der Waals surface area contributed by atoms with Crippen molar-refractivity contribution in [3.8, 4) is 5.75 Å². The minimum atomic E-state index is 0.172. The predicted molar refractivity (Wildman–Crippen MR) is 78.0 cm³/mol. The van der Waals surface area contributed by atoms with Gasteiger partial charge in [-0.25, -0.2) is 0 Å². The molecule has 1 aromatic carbocycles. The molecule has 0 heterocycles. The SMILES string of the molecule is CCC(C)(C)NCc1ccccc1OCC(C)C. The van der Waals surface area contributed by atoms with Crippen molar-refractivity contribution in [2.75, 3.05) is 6.61 Å². The van der Waals surface area contributed by atoms with Crippen molar-refractivity contribution in [2.45, 2.75) is 53.1 Å². The van der Waals surface area contributed by atoms with Crippen LogP contribution in [-0.2, 0) is 6.54 Å². The van der Waals surface area contributed by atoms with Gasteiger partial charge in [0.2, 0.25) is 0 Å². The second kappa shape index (κ2) is 6.79. The molecule has 0 radical (unpaired) electrons.